The Morgan fingerprint density at radius 2 is 1.96 bits per heavy atom. The molecule has 2 aliphatic rings. The summed E-state index contributed by atoms with van der Waals surface area (Å²) in [6.45, 7) is 5.35. The highest BCUT2D eigenvalue weighted by molar-refractivity contribution is 5.93. The van der Waals surface area contributed by atoms with E-state index in [1.54, 1.807) is 0 Å². The number of nitrogens with one attached hydrogen (secondary N) is 2. The summed E-state index contributed by atoms with van der Waals surface area (Å²) in [6.07, 6.45) is 7.06. The van der Waals surface area contributed by atoms with E-state index >= 15 is 0 Å². The molecule has 3 rings (SSSR count). The minimum absolute atomic E-state index is 0. The normalized spacial score (nSPS) is 24.6. The van der Waals surface area contributed by atoms with E-state index < -0.39 is 0 Å². The number of hydrogen-bond acceptors (Lipinski definition) is 3. The summed E-state index contributed by atoms with van der Waals surface area (Å²) < 4.78 is 0. The highest BCUT2D eigenvalue weighted by Gasteiger charge is 2.24. The Labute approximate surface area is 151 Å². The van der Waals surface area contributed by atoms with Crippen LogP contribution in [0.1, 0.15) is 45.4 Å². The first-order chi connectivity index (χ1) is 11.2. The molecule has 0 saturated carbocycles. The van der Waals surface area contributed by atoms with E-state index in [1.165, 1.54) is 31.4 Å². The Morgan fingerprint density at radius 1 is 1.21 bits per heavy atom. The molecule has 24 heavy (non-hydrogen) atoms. The van der Waals surface area contributed by atoms with Gasteiger partial charge in [-0.1, -0.05) is 18.9 Å². The molecule has 2 aliphatic heterocycles. The Hall–Kier alpha value is -1.26. The fourth-order valence-corrected chi connectivity index (χ4v) is 3.72. The SMILES string of the molecule is C[C@H]1C[C@@H](C(=O)Nc2cccc(N3CCCCCC3)c2)CCN1.Cl. The highest BCUT2D eigenvalue weighted by atomic mass is 35.5. The molecule has 1 amide bonds. The number of amides is 1. The number of hydrogen-bond donors (Lipinski definition) is 2. The van der Waals surface area contributed by atoms with Crippen LogP contribution in [0.2, 0.25) is 0 Å². The van der Waals surface area contributed by atoms with Crippen LogP contribution in [0, 0.1) is 5.92 Å². The molecule has 0 aromatic heterocycles. The summed E-state index contributed by atoms with van der Waals surface area (Å²) in [7, 11) is 0. The standard InChI is InChI=1S/C19H29N3O.ClH/c1-15-13-16(9-10-20-15)19(23)21-17-7-6-8-18(14-17)22-11-4-2-3-5-12-22;/h6-8,14-16,20H,2-5,9-13H2,1H3,(H,21,23);1H/t15-,16-;/m0./s1. The van der Waals surface area contributed by atoms with Gasteiger partial charge in [-0.15, -0.1) is 12.4 Å². The van der Waals surface area contributed by atoms with Crippen molar-refractivity contribution in [2.24, 2.45) is 5.92 Å². The maximum Gasteiger partial charge on any atom is 0.227 e. The van der Waals surface area contributed by atoms with E-state index in [2.05, 4.69) is 40.7 Å². The van der Waals surface area contributed by atoms with Crippen LogP contribution >= 0.6 is 12.4 Å². The average molecular weight is 352 g/mol. The Kier molecular flexibility index (Phi) is 7.38. The van der Waals surface area contributed by atoms with Crippen LogP contribution in [-0.4, -0.2) is 31.6 Å². The average Bonchev–Trinajstić information content (AvgIpc) is 2.84. The molecule has 0 spiro atoms. The van der Waals surface area contributed by atoms with Crippen LogP contribution in [-0.2, 0) is 4.79 Å². The van der Waals surface area contributed by atoms with Gasteiger partial charge >= 0.3 is 0 Å². The number of anilines is 2. The monoisotopic (exact) mass is 351 g/mol. The minimum atomic E-state index is 0. The van der Waals surface area contributed by atoms with Gasteiger partial charge in [-0.2, -0.15) is 0 Å². The lowest BCUT2D eigenvalue weighted by Gasteiger charge is -2.27. The number of halogens is 1. The quantitative estimate of drug-likeness (QED) is 0.870. The van der Waals surface area contributed by atoms with Crippen LogP contribution < -0.4 is 15.5 Å². The second-order valence-electron chi connectivity index (χ2n) is 7.02. The number of nitrogens with zero attached hydrogens (tertiary/aromatic N) is 1. The summed E-state index contributed by atoms with van der Waals surface area (Å²) in [4.78, 5) is 15.0. The van der Waals surface area contributed by atoms with E-state index in [9.17, 15) is 4.79 Å². The highest BCUT2D eigenvalue weighted by Crippen LogP contribution is 2.24. The summed E-state index contributed by atoms with van der Waals surface area (Å²) in [5.74, 6) is 0.305. The van der Waals surface area contributed by atoms with Crippen molar-refractivity contribution in [3.05, 3.63) is 24.3 Å². The van der Waals surface area contributed by atoms with Crippen molar-refractivity contribution in [2.45, 2.75) is 51.5 Å². The first-order valence-corrected chi connectivity index (χ1v) is 9.11. The van der Waals surface area contributed by atoms with E-state index in [-0.39, 0.29) is 24.2 Å². The van der Waals surface area contributed by atoms with Gasteiger partial charge < -0.3 is 15.5 Å². The largest absolute Gasteiger partial charge is 0.371 e. The molecule has 0 aliphatic carbocycles. The fraction of sp³-hybridized carbons (Fsp3) is 0.632. The zero-order chi connectivity index (χ0) is 16.1. The molecule has 2 N–H and O–H groups in total. The lowest BCUT2D eigenvalue weighted by atomic mass is 9.92. The molecule has 0 bridgehead atoms. The van der Waals surface area contributed by atoms with Crippen molar-refractivity contribution in [1.82, 2.24) is 5.32 Å². The van der Waals surface area contributed by atoms with E-state index in [0.29, 0.717) is 6.04 Å². The number of benzene rings is 1. The summed E-state index contributed by atoms with van der Waals surface area (Å²) in [5.41, 5.74) is 2.17. The predicted octanol–water partition coefficient (Wildman–Crippen LogP) is 3.82. The topological polar surface area (TPSA) is 44.4 Å². The number of rotatable bonds is 3. The molecule has 2 atom stereocenters. The van der Waals surface area contributed by atoms with Gasteiger partial charge in [-0.3, -0.25) is 4.79 Å². The number of piperidine rings is 1. The van der Waals surface area contributed by atoms with Gasteiger partial charge in [0.15, 0.2) is 0 Å². The molecule has 1 aromatic carbocycles. The van der Waals surface area contributed by atoms with Crippen molar-refractivity contribution in [3.8, 4) is 0 Å². The van der Waals surface area contributed by atoms with Crippen molar-refractivity contribution >= 4 is 29.7 Å². The van der Waals surface area contributed by atoms with Crippen LogP contribution in [0.3, 0.4) is 0 Å². The second kappa shape index (κ2) is 9.28. The van der Waals surface area contributed by atoms with Gasteiger partial charge in [0.05, 0.1) is 0 Å². The third kappa shape index (κ3) is 5.12. The lowest BCUT2D eigenvalue weighted by molar-refractivity contribution is -0.120. The van der Waals surface area contributed by atoms with Gasteiger partial charge in [0.2, 0.25) is 5.91 Å². The maximum absolute atomic E-state index is 12.5. The van der Waals surface area contributed by atoms with Crippen LogP contribution in [0.5, 0.6) is 0 Å². The molecule has 4 nitrogen and oxygen atoms in total. The van der Waals surface area contributed by atoms with Crippen molar-refractivity contribution in [2.75, 3.05) is 29.9 Å². The predicted molar refractivity (Wildman–Crippen MR) is 103 cm³/mol. The Balaban J connectivity index is 0.00000208. The lowest BCUT2D eigenvalue weighted by Crippen LogP contribution is -2.40. The van der Waals surface area contributed by atoms with E-state index in [1.807, 2.05) is 6.07 Å². The third-order valence-corrected chi connectivity index (χ3v) is 5.08. The molecule has 2 saturated heterocycles. The third-order valence-electron chi connectivity index (χ3n) is 5.08. The summed E-state index contributed by atoms with van der Waals surface area (Å²) >= 11 is 0. The molecule has 0 radical (unpaired) electrons. The molecule has 134 valence electrons. The van der Waals surface area contributed by atoms with E-state index in [0.717, 1.165) is 38.2 Å². The minimum Gasteiger partial charge on any atom is -0.371 e. The van der Waals surface area contributed by atoms with Crippen LogP contribution in [0.4, 0.5) is 11.4 Å². The van der Waals surface area contributed by atoms with Crippen molar-refractivity contribution in [3.63, 3.8) is 0 Å². The van der Waals surface area contributed by atoms with Gasteiger partial charge in [-0.05, 0) is 57.4 Å². The zero-order valence-corrected chi connectivity index (χ0v) is 15.4. The molecule has 1 aromatic rings. The molecule has 2 heterocycles. The van der Waals surface area contributed by atoms with Crippen molar-refractivity contribution < 1.29 is 4.79 Å². The summed E-state index contributed by atoms with van der Waals surface area (Å²) in [5, 5.41) is 6.54. The number of carbonyl (C=O) groups excluding carboxylic acids is 1. The number of carbonyl (C=O) groups is 1. The maximum atomic E-state index is 12.5. The molecule has 2 fully saturated rings. The molecule has 0 unspecified atom stereocenters. The van der Waals surface area contributed by atoms with Gasteiger partial charge in [0.25, 0.3) is 0 Å². The van der Waals surface area contributed by atoms with Crippen molar-refractivity contribution in [1.29, 1.82) is 0 Å². The Bertz CT molecular complexity index is 529. The van der Waals surface area contributed by atoms with Gasteiger partial charge in [-0.25, -0.2) is 0 Å². The smallest absolute Gasteiger partial charge is 0.227 e. The summed E-state index contributed by atoms with van der Waals surface area (Å²) in [6, 6.07) is 8.79. The fourth-order valence-electron chi connectivity index (χ4n) is 3.72. The van der Waals surface area contributed by atoms with Crippen LogP contribution in [0.15, 0.2) is 24.3 Å². The first kappa shape index (κ1) is 19.1. The molecular formula is C19H30ClN3O. The molecule has 5 heteroatoms. The van der Waals surface area contributed by atoms with E-state index in [4.69, 9.17) is 0 Å². The van der Waals surface area contributed by atoms with Gasteiger partial charge in [0.1, 0.15) is 0 Å². The Morgan fingerprint density at radius 3 is 2.67 bits per heavy atom. The first-order valence-electron chi connectivity index (χ1n) is 9.11. The van der Waals surface area contributed by atoms with Crippen LogP contribution in [0.25, 0.3) is 0 Å². The second-order valence-corrected chi connectivity index (χ2v) is 7.02. The molecular weight excluding hydrogens is 322 g/mol. The van der Waals surface area contributed by atoms with Gasteiger partial charge in [0, 0.05) is 36.4 Å². The zero-order valence-electron chi connectivity index (χ0n) is 14.6.